The summed E-state index contributed by atoms with van der Waals surface area (Å²) in [4.78, 5) is 4.22. The van der Waals surface area contributed by atoms with E-state index >= 15 is 0 Å². The van der Waals surface area contributed by atoms with Crippen LogP contribution >= 0.6 is 0 Å². The molecule has 0 aliphatic heterocycles. The molecule has 2 aromatic carbocycles. The predicted octanol–water partition coefficient (Wildman–Crippen LogP) is 3.12. The van der Waals surface area contributed by atoms with Gasteiger partial charge in [0.05, 0.1) is 10.6 Å². The van der Waals surface area contributed by atoms with Crippen LogP contribution in [0.4, 0.5) is 14.5 Å². The van der Waals surface area contributed by atoms with Crippen LogP contribution in [0.1, 0.15) is 5.56 Å². The largest absolute Gasteiger partial charge is 0.256 e. The average molecular weight is 295 g/mol. The smallest absolute Gasteiger partial charge is 0.175 e. The lowest BCUT2D eigenvalue weighted by Crippen LogP contribution is -1.95. The normalized spacial score (nSPS) is 11.9. The van der Waals surface area contributed by atoms with Crippen molar-refractivity contribution >= 4 is 21.7 Å². The molecule has 0 atom stereocenters. The summed E-state index contributed by atoms with van der Waals surface area (Å²) in [6.45, 7) is 0. The van der Waals surface area contributed by atoms with Crippen LogP contribution in [0.15, 0.2) is 52.4 Å². The number of hydrogen-bond donors (Lipinski definition) is 0. The fraction of sp³-hybridized carbons (Fsp3) is 0.0714. The Balaban J connectivity index is 2.23. The van der Waals surface area contributed by atoms with Gasteiger partial charge in [-0.05, 0) is 42.0 Å². The van der Waals surface area contributed by atoms with Crippen LogP contribution in [0.2, 0.25) is 0 Å². The van der Waals surface area contributed by atoms with Gasteiger partial charge in [0.15, 0.2) is 9.84 Å². The number of rotatable bonds is 3. The van der Waals surface area contributed by atoms with Gasteiger partial charge in [0.1, 0.15) is 11.6 Å². The van der Waals surface area contributed by atoms with Crippen LogP contribution in [0.25, 0.3) is 0 Å². The Hall–Kier alpha value is -2.08. The number of sulfone groups is 1. The first-order chi connectivity index (χ1) is 9.34. The van der Waals surface area contributed by atoms with Crippen molar-refractivity contribution in [2.75, 3.05) is 6.26 Å². The summed E-state index contributed by atoms with van der Waals surface area (Å²) in [5.74, 6) is -1.36. The second-order valence-electron chi connectivity index (χ2n) is 4.23. The van der Waals surface area contributed by atoms with Gasteiger partial charge in [-0.25, -0.2) is 17.2 Å². The second kappa shape index (κ2) is 5.50. The van der Waals surface area contributed by atoms with Crippen LogP contribution < -0.4 is 0 Å². The fourth-order valence-electron chi connectivity index (χ4n) is 1.58. The third-order valence-corrected chi connectivity index (χ3v) is 3.64. The van der Waals surface area contributed by atoms with Gasteiger partial charge < -0.3 is 0 Å². The standard InChI is InChI=1S/C14H11F2NO2S/c1-20(18,19)14-4-2-13(3-5-14)17-9-10-6-11(15)8-12(16)7-10/h2-9H,1H3. The van der Waals surface area contributed by atoms with Gasteiger partial charge in [-0.2, -0.15) is 0 Å². The lowest BCUT2D eigenvalue weighted by Gasteiger charge is -1.99. The quantitative estimate of drug-likeness (QED) is 0.817. The van der Waals surface area contributed by atoms with Crippen molar-refractivity contribution < 1.29 is 17.2 Å². The van der Waals surface area contributed by atoms with Crippen molar-refractivity contribution in [3.63, 3.8) is 0 Å². The van der Waals surface area contributed by atoms with E-state index in [4.69, 9.17) is 0 Å². The summed E-state index contributed by atoms with van der Waals surface area (Å²) in [6, 6.07) is 8.96. The van der Waals surface area contributed by atoms with Crippen LogP contribution in [0.3, 0.4) is 0 Å². The molecule has 0 saturated heterocycles. The molecule has 6 heteroatoms. The maximum atomic E-state index is 13.0. The fourth-order valence-corrected chi connectivity index (χ4v) is 2.21. The monoisotopic (exact) mass is 295 g/mol. The van der Waals surface area contributed by atoms with Gasteiger partial charge in [-0.15, -0.1) is 0 Å². The summed E-state index contributed by atoms with van der Waals surface area (Å²) in [5, 5.41) is 0. The van der Waals surface area contributed by atoms with Gasteiger partial charge >= 0.3 is 0 Å². The minimum atomic E-state index is -3.25. The van der Waals surface area contributed by atoms with E-state index in [9.17, 15) is 17.2 Å². The molecule has 0 aliphatic carbocycles. The van der Waals surface area contributed by atoms with Gasteiger partial charge in [0.2, 0.25) is 0 Å². The molecule has 2 rings (SSSR count). The van der Waals surface area contributed by atoms with Gasteiger partial charge in [0.25, 0.3) is 0 Å². The molecule has 0 spiro atoms. The minimum absolute atomic E-state index is 0.188. The van der Waals surface area contributed by atoms with Crippen LogP contribution in [0, 0.1) is 11.6 Å². The molecule has 3 nitrogen and oxygen atoms in total. The van der Waals surface area contributed by atoms with E-state index in [1.807, 2.05) is 0 Å². The first-order valence-corrected chi connectivity index (χ1v) is 7.54. The molecule has 0 radical (unpaired) electrons. The lowest BCUT2D eigenvalue weighted by atomic mass is 10.2. The summed E-state index contributed by atoms with van der Waals surface area (Å²) < 4.78 is 48.5. The van der Waals surface area contributed by atoms with Crippen molar-refractivity contribution in [2.24, 2.45) is 4.99 Å². The molecule has 20 heavy (non-hydrogen) atoms. The number of nitrogens with zero attached hydrogens (tertiary/aromatic N) is 1. The third-order valence-electron chi connectivity index (χ3n) is 2.51. The molecule has 0 bridgehead atoms. The molecular formula is C14H11F2NO2S. The zero-order valence-corrected chi connectivity index (χ0v) is 11.4. The minimum Gasteiger partial charge on any atom is -0.256 e. The van der Waals surface area contributed by atoms with Crippen molar-refractivity contribution in [1.29, 1.82) is 0 Å². The average Bonchev–Trinajstić information content (AvgIpc) is 2.35. The van der Waals surface area contributed by atoms with Crippen molar-refractivity contribution in [2.45, 2.75) is 4.90 Å². The maximum Gasteiger partial charge on any atom is 0.175 e. The topological polar surface area (TPSA) is 46.5 Å². The van der Waals surface area contributed by atoms with Crippen LogP contribution in [0.5, 0.6) is 0 Å². The highest BCUT2D eigenvalue weighted by Crippen LogP contribution is 2.16. The van der Waals surface area contributed by atoms with Gasteiger partial charge in [0, 0.05) is 18.5 Å². The first kappa shape index (κ1) is 14.3. The summed E-state index contributed by atoms with van der Waals surface area (Å²) in [5.41, 5.74) is 0.775. The number of halogens is 2. The maximum absolute atomic E-state index is 13.0. The Morgan fingerprint density at radius 3 is 2.05 bits per heavy atom. The molecule has 0 N–H and O–H groups in total. The van der Waals surface area contributed by atoms with E-state index in [1.165, 1.54) is 30.5 Å². The van der Waals surface area contributed by atoms with Crippen LogP contribution in [-0.2, 0) is 9.84 Å². The van der Waals surface area contributed by atoms with Gasteiger partial charge in [-0.3, -0.25) is 4.99 Å². The Labute approximate surface area is 115 Å². The number of benzene rings is 2. The molecule has 0 amide bonds. The Kier molecular flexibility index (Phi) is 3.94. The highest BCUT2D eigenvalue weighted by atomic mass is 32.2. The molecule has 0 aromatic heterocycles. The van der Waals surface area contributed by atoms with E-state index in [2.05, 4.69) is 4.99 Å². The second-order valence-corrected chi connectivity index (χ2v) is 6.24. The Morgan fingerprint density at radius 1 is 1.00 bits per heavy atom. The van der Waals surface area contributed by atoms with E-state index < -0.39 is 21.5 Å². The molecule has 0 fully saturated rings. The van der Waals surface area contributed by atoms with Crippen molar-refractivity contribution in [3.05, 3.63) is 59.7 Å². The molecule has 2 aromatic rings. The molecule has 0 unspecified atom stereocenters. The van der Waals surface area contributed by atoms with Crippen molar-refractivity contribution in [1.82, 2.24) is 0 Å². The van der Waals surface area contributed by atoms with E-state index in [0.29, 0.717) is 5.69 Å². The van der Waals surface area contributed by atoms with E-state index in [-0.39, 0.29) is 10.5 Å². The molecule has 0 heterocycles. The third kappa shape index (κ3) is 3.71. The molecule has 0 aliphatic rings. The number of hydrogen-bond acceptors (Lipinski definition) is 3. The SMILES string of the molecule is CS(=O)(=O)c1ccc(N=Cc2cc(F)cc(F)c2)cc1. The van der Waals surface area contributed by atoms with E-state index in [0.717, 1.165) is 24.5 Å². The molecular weight excluding hydrogens is 284 g/mol. The highest BCUT2D eigenvalue weighted by Gasteiger charge is 2.05. The summed E-state index contributed by atoms with van der Waals surface area (Å²) in [6.07, 6.45) is 2.42. The first-order valence-electron chi connectivity index (χ1n) is 5.65. The zero-order valence-electron chi connectivity index (χ0n) is 10.5. The molecule has 0 saturated carbocycles. The summed E-state index contributed by atoms with van der Waals surface area (Å²) >= 11 is 0. The Bertz CT molecular complexity index is 733. The predicted molar refractivity (Wildman–Crippen MR) is 73.2 cm³/mol. The summed E-state index contributed by atoms with van der Waals surface area (Å²) in [7, 11) is -3.25. The van der Waals surface area contributed by atoms with Gasteiger partial charge in [-0.1, -0.05) is 0 Å². The van der Waals surface area contributed by atoms with E-state index in [1.54, 1.807) is 0 Å². The number of aliphatic imine (C=N–C) groups is 1. The van der Waals surface area contributed by atoms with Crippen molar-refractivity contribution in [3.8, 4) is 0 Å². The van der Waals surface area contributed by atoms with Crippen LogP contribution in [-0.4, -0.2) is 20.9 Å². The zero-order chi connectivity index (χ0) is 14.8. The molecule has 104 valence electrons. The highest BCUT2D eigenvalue weighted by molar-refractivity contribution is 7.90. The Morgan fingerprint density at radius 2 is 1.55 bits per heavy atom. The lowest BCUT2D eigenvalue weighted by molar-refractivity contribution is 0.583.